The monoisotopic (exact) mass is 321 g/mol. The summed E-state index contributed by atoms with van der Waals surface area (Å²) >= 11 is 5.31. The van der Waals surface area contributed by atoms with Crippen LogP contribution in [0.1, 0.15) is 5.69 Å². The number of carbonyl (C=O) groups excluding carboxylic acids is 1. The first-order chi connectivity index (χ1) is 11.2. The molecule has 6 heteroatoms. The molecule has 2 aromatic carbocycles. The Balaban J connectivity index is 2.03. The third-order valence-electron chi connectivity index (χ3n) is 3.74. The van der Waals surface area contributed by atoms with E-state index in [9.17, 15) is 9.90 Å². The number of amides is 1. The van der Waals surface area contributed by atoms with Crippen molar-refractivity contribution in [3.63, 3.8) is 0 Å². The molecular formula is C17H11N3O2S. The van der Waals surface area contributed by atoms with Gasteiger partial charge in [-0.1, -0.05) is 36.4 Å². The number of hydrogen-bond donors (Lipinski definition) is 2. The topological polar surface area (TPSA) is 70.4 Å². The molecule has 1 aliphatic heterocycles. The van der Waals surface area contributed by atoms with Crippen LogP contribution >= 0.6 is 12.2 Å². The van der Waals surface area contributed by atoms with E-state index in [0.717, 1.165) is 0 Å². The van der Waals surface area contributed by atoms with E-state index in [1.54, 1.807) is 12.1 Å². The number of fused-ring (bicyclic) bond motifs is 1. The minimum atomic E-state index is -0.391. The van der Waals surface area contributed by atoms with Crippen molar-refractivity contribution in [3.05, 3.63) is 75.6 Å². The number of rotatable bonds is 2. The van der Waals surface area contributed by atoms with Gasteiger partial charge >= 0.3 is 0 Å². The number of carbonyl (C=O) groups is 1. The lowest BCUT2D eigenvalue weighted by Crippen LogP contribution is -2.22. The Labute approximate surface area is 135 Å². The summed E-state index contributed by atoms with van der Waals surface area (Å²) in [5, 5.41) is 11.9. The highest BCUT2D eigenvalue weighted by Crippen LogP contribution is 2.27. The van der Waals surface area contributed by atoms with Crippen LogP contribution in [0.2, 0.25) is 0 Å². The number of para-hydroxylation sites is 2. The van der Waals surface area contributed by atoms with Crippen molar-refractivity contribution in [2.24, 2.45) is 4.99 Å². The van der Waals surface area contributed by atoms with Crippen molar-refractivity contribution in [2.45, 2.75) is 0 Å². The molecular weight excluding hydrogens is 310 g/mol. The molecule has 4 rings (SSSR count). The first kappa shape index (κ1) is 13.7. The molecule has 0 unspecified atom stereocenters. The summed E-state index contributed by atoms with van der Waals surface area (Å²) in [6, 6.07) is 16.4. The van der Waals surface area contributed by atoms with Gasteiger partial charge in [0.2, 0.25) is 5.88 Å². The number of imidazole rings is 1. The number of hydrogen-bond acceptors (Lipinski definition) is 3. The molecule has 2 N–H and O–H groups in total. The number of aromatic amines is 1. The van der Waals surface area contributed by atoms with Crippen LogP contribution in [0.3, 0.4) is 0 Å². The quantitative estimate of drug-likeness (QED) is 0.704. The normalized spacial score (nSPS) is 13.0. The van der Waals surface area contributed by atoms with E-state index in [2.05, 4.69) is 9.98 Å². The summed E-state index contributed by atoms with van der Waals surface area (Å²) in [5.41, 5.74) is 1.34. The molecule has 0 fully saturated rings. The summed E-state index contributed by atoms with van der Waals surface area (Å²) in [6.07, 6.45) is 0. The summed E-state index contributed by atoms with van der Waals surface area (Å²) in [4.78, 5) is 19.2. The van der Waals surface area contributed by atoms with Gasteiger partial charge < -0.3 is 10.1 Å². The third kappa shape index (κ3) is 2.03. The molecule has 0 spiro atoms. The molecule has 1 amide bonds. The number of H-pyrrole nitrogens is 1. The molecule has 3 aromatic rings. The van der Waals surface area contributed by atoms with Gasteiger partial charge in [0.15, 0.2) is 4.77 Å². The highest BCUT2D eigenvalue weighted by molar-refractivity contribution is 7.71. The molecule has 23 heavy (non-hydrogen) atoms. The van der Waals surface area contributed by atoms with E-state index >= 15 is 0 Å². The summed E-state index contributed by atoms with van der Waals surface area (Å²) in [5.74, 6) is -0.491. The first-order valence-electron chi connectivity index (χ1n) is 6.99. The van der Waals surface area contributed by atoms with E-state index in [-0.39, 0.29) is 11.6 Å². The van der Waals surface area contributed by atoms with E-state index in [4.69, 9.17) is 12.2 Å². The van der Waals surface area contributed by atoms with Crippen molar-refractivity contribution < 1.29 is 9.90 Å². The van der Waals surface area contributed by atoms with Crippen molar-refractivity contribution in [1.82, 2.24) is 9.55 Å². The predicted molar refractivity (Wildman–Crippen MR) is 87.4 cm³/mol. The molecule has 1 aromatic heterocycles. The Morgan fingerprint density at radius 1 is 1.04 bits per heavy atom. The number of benzene rings is 2. The van der Waals surface area contributed by atoms with Crippen LogP contribution < -0.4 is 10.6 Å². The largest absolute Gasteiger partial charge is 0.493 e. The maximum Gasteiger partial charge on any atom is 0.280 e. The molecule has 0 atom stereocenters. The van der Waals surface area contributed by atoms with E-state index in [1.165, 1.54) is 4.57 Å². The predicted octanol–water partition coefficient (Wildman–Crippen LogP) is 1.60. The second kappa shape index (κ2) is 5.03. The van der Waals surface area contributed by atoms with Gasteiger partial charge in [-0.05, 0) is 30.4 Å². The lowest BCUT2D eigenvalue weighted by molar-refractivity contribution is -0.112. The molecule has 2 heterocycles. The van der Waals surface area contributed by atoms with E-state index in [0.29, 0.717) is 26.6 Å². The van der Waals surface area contributed by atoms with Crippen LogP contribution in [0.5, 0.6) is 5.88 Å². The maximum absolute atomic E-state index is 12.3. The van der Waals surface area contributed by atoms with Gasteiger partial charge in [0.25, 0.3) is 5.91 Å². The fraction of sp³-hybridized carbons (Fsp3) is 0. The lowest BCUT2D eigenvalue weighted by Gasteiger charge is -2.04. The summed E-state index contributed by atoms with van der Waals surface area (Å²) in [7, 11) is 0. The molecule has 0 saturated carbocycles. The zero-order valence-corrected chi connectivity index (χ0v) is 12.7. The minimum Gasteiger partial charge on any atom is -0.493 e. The van der Waals surface area contributed by atoms with Gasteiger partial charge in [-0.2, -0.15) is 0 Å². The molecule has 0 saturated heterocycles. The third-order valence-corrected chi connectivity index (χ3v) is 4.03. The Morgan fingerprint density at radius 3 is 2.52 bits per heavy atom. The van der Waals surface area contributed by atoms with Gasteiger partial charge in [-0.25, -0.2) is 4.99 Å². The van der Waals surface area contributed by atoms with Crippen LogP contribution in [0.4, 0.5) is 0 Å². The van der Waals surface area contributed by atoms with E-state index < -0.39 is 5.91 Å². The van der Waals surface area contributed by atoms with E-state index in [1.807, 2.05) is 42.5 Å². The van der Waals surface area contributed by atoms with Gasteiger partial charge in [0.05, 0.1) is 16.6 Å². The smallest absolute Gasteiger partial charge is 0.280 e. The van der Waals surface area contributed by atoms with Crippen molar-refractivity contribution >= 4 is 23.7 Å². The second-order valence-corrected chi connectivity index (χ2v) is 5.50. The standard InChI is InChI=1S/C17H11N3O2S/c21-15-13(11-8-4-5-9-12(11)18-15)14-16(22)20(17(23)19-14)10-6-2-1-3-7-10/h1-9,22H,(H,19,23). The minimum absolute atomic E-state index is 0.101. The van der Waals surface area contributed by atoms with Crippen molar-refractivity contribution in [2.75, 3.05) is 0 Å². The number of nitrogens with one attached hydrogen (secondary N) is 1. The molecule has 1 aliphatic rings. The number of aromatic nitrogens is 2. The Bertz CT molecular complexity index is 1110. The molecule has 112 valence electrons. The maximum atomic E-state index is 12.3. The van der Waals surface area contributed by atoms with Gasteiger partial charge in [-0.3, -0.25) is 9.36 Å². The van der Waals surface area contributed by atoms with Gasteiger partial charge in [0, 0.05) is 5.22 Å². The van der Waals surface area contributed by atoms with Crippen molar-refractivity contribution in [3.8, 4) is 11.6 Å². The van der Waals surface area contributed by atoms with Crippen LogP contribution in [-0.4, -0.2) is 20.6 Å². The van der Waals surface area contributed by atoms with Gasteiger partial charge in [0.1, 0.15) is 5.69 Å². The first-order valence-corrected chi connectivity index (χ1v) is 7.40. The Kier molecular flexibility index (Phi) is 2.99. The fourth-order valence-electron chi connectivity index (χ4n) is 2.72. The molecule has 0 radical (unpaired) electrons. The van der Waals surface area contributed by atoms with Crippen LogP contribution in [0.15, 0.2) is 59.6 Å². The van der Waals surface area contributed by atoms with Crippen LogP contribution in [0, 0.1) is 4.77 Å². The zero-order valence-electron chi connectivity index (χ0n) is 11.9. The molecule has 5 nitrogen and oxygen atoms in total. The number of aromatic hydroxyl groups is 1. The zero-order chi connectivity index (χ0) is 16.0. The highest BCUT2D eigenvalue weighted by atomic mass is 32.1. The Hall–Kier alpha value is -2.99. The Morgan fingerprint density at radius 2 is 1.74 bits per heavy atom. The molecule has 0 bridgehead atoms. The SMILES string of the molecule is O=C1N=c2ccccc2=C1c1[nH]c(=S)n(-c2ccccc2)c1O. The second-order valence-electron chi connectivity index (χ2n) is 5.11. The van der Waals surface area contributed by atoms with Crippen LogP contribution in [0.25, 0.3) is 11.3 Å². The van der Waals surface area contributed by atoms with Gasteiger partial charge in [-0.15, -0.1) is 0 Å². The van der Waals surface area contributed by atoms with Crippen LogP contribution in [-0.2, 0) is 4.79 Å². The fourth-order valence-corrected chi connectivity index (χ4v) is 3.02. The summed E-state index contributed by atoms with van der Waals surface area (Å²) < 4.78 is 1.81. The highest BCUT2D eigenvalue weighted by Gasteiger charge is 2.24. The average Bonchev–Trinajstić information content (AvgIpc) is 3.03. The lowest BCUT2D eigenvalue weighted by atomic mass is 10.1. The average molecular weight is 321 g/mol. The van der Waals surface area contributed by atoms with Crippen molar-refractivity contribution in [1.29, 1.82) is 0 Å². The number of nitrogens with zero attached hydrogens (tertiary/aromatic N) is 2. The summed E-state index contributed by atoms with van der Waals surface area (Å²) in [6.45, 7) is 0. The molecule has 0 aliphatic carbocycles.